The van der Waals surface area contributed by atoms with Crippen molar-refractivity contribution in [3.05, 3.63) is 54.1 Å². The lowest BCUT2D eigenvalue weighted by Gasteiger charge is -2.24. The van der Waals surface area contributed by atoms with Crippen molar-refractivity contribution >= 4 is 35.4 Å². The third-order valence-electron chi connectivity index (χ3n) is 4.30. The zero-order chi connectivity index (χ0) is 16.4. The first-order valence-corrected chi connectivity index (χ1v) is 7.99. The number of benzene rings is 2. The molecule has 0 aliphatic carbocycles. The molecule has 2 aromatic rings. The van der Waals surface area contributed by atoms with Crippen LogP contribution in [0.2, 0.25) is 0 Å². The molecule has 2 aromatic carbocycles. The number of para-hydroxylation sites is 2. The first-order valence-electron chi connectivity index (χ1n) is 7.99. The summed E-state index contributed by atoms with van der Waals surface area (Å²) in [6.07, 6.45) is 0.394. The molecule has 1 unspecified atom stereocenters. The normalized spacial score (nSPS) is 16.8. The Morgan fingerprint density at radius 2 is 1.71 bits per heavy atom. The van der Waals surface area contributed by atoms with Gasteiger partial charge in [-0.05, 0) is 35.7 Å². The molecule has 5 heteroatoms. The van der Waals surface area contributed by atoms with E-state index in [0.29, 0.717) is 12.3 Å². The molecule has 1 aliphatic heterocycles. The van der Waals surface area contributed by atoms with Gasteiger partial charge in [0.05, 0.1) is 17.8 Å². The average Bonchev–Trinajstić information content (AvgIpc) is 2.66. The molecule has 1 atom stereocenters. The average molecular weight is 346 g/mol. The van der Waals surface area contributed by atoms with Gasteiger partial charge in [-0.25, -0.2) is 0 Å². The van der Waals surface area contributed by atoms with E-state index in [1.807, 2.05) is 47.4 Å². The molecular weight excluding hydrogens is 322 g/mol. The fraction of sp³-hybridized carbons (Fsp3) is 0.316. The molecule has 128 valence electrons. The van der Waals surface area contributed by atoms with Gasteiger partial charge < -0.3 is 15.5 Å². The number of anilines is 3. The van der Waals surface area contributed by atoms with E-state index in [9.17, 15) is 4.79 Å². The Bertz CT molecular complexity index is 702. The van der Waals surface area contributed by atoms with Crippen molar-refractivity contribution in [1.82, 2.24) is 0 Å². The maximum absolute atomic E-state index is 12.9. The molecule has 0 fully saturated rings. The van der Waals surface area contributed by atoms with Crippen LogP contribution in [-0.2, 0) is 11.2 Å². The third-order valence-corrected chi connectivity index (χ3v) is 4.30. The molecule has 0 saturated heterocycles. The van der Waals surface area contributed by atoms with Crippen LogP contribution in [-0.4, -0.2) is 26.0 Å². The zero-order valence-electron chi connectivity index (χ0n) is 14.1. The maximum atomic E-state index is 12.9. The number of carbonyl (C=O) groups excluding carboxylic acids is 1. The van der Waals surface area contributed by atoms with Crippen molar-refractivity contribution < 1.29 is 4.79 Å². The fourth-order valence-electron chi connectivity index (χ4n) is 3.19. The largest absolute Gasteiger partial charge is 0.399 e. The molecule has 0 saturated carbocycles. The minimum Gasteiger partial charge on any atom is -0.399 e. The molecule has 0 aromatic heterocycles. The van der Waals surface area contributed by atoms with E-state index in [1.165, 1.54) is 0 Å². The van der Waals surface area contributed by atoms with Crippen LogP contribution >= 0.6 is 12.4 Å². The number of hydrogen-bond acceptors (Lipinski definition) is 3. The quantitative estimate of drug-likeness (QED) is 0.849. The summed E-state index contributed by atoms with van der Waals surface area (Å²) in [5.41, 5.74) is 9.54. The van der Waals surface area contributed by atoms with Gasteiger partial charge in [-0.1, -0.05) is 31.2 Å². The van der Waals surface area contributed by atoms with Gasteiger partial charge in [0.15, 0.2) is 0 Å². The second-order valence-corrected chi connectivity index (χ2v) is 6.40. The van der Waals surface area contributed by atoms with Crippen LogP contribution in [0.15, 0.2) is 48.5 Å². The van der Waals surface area contributed by atoms with Crippen LogP contribution in [0.3, 0.4) is 0 Å². The summed E-state index contributed by atoms with van der Waals surface area (Å²) in [5.74, 6) is 0.548. The van der Waals surface area contributed by atoms with Crippen molar-refractivity contribution in [1.29, 1.82) is 0 Å². The number of hydrogen-bond donors (Lipinski definition) is 1. The fourth-order valence-corrected chi connectivity index (χ4v) is 3.19. The first kappa shape index (κ1) is 18.1. The van der Waals surface area contributed by atoms with Gasteiger partial charge in [-0.3, -0.25) is 4.79 Å². The second-order valence-electron chi connectivity index (χ2n) is 6.40. The van der Waals surface area contributed by atoms with Crippen molar-refractivity contribution in [3.63, 3.8) is 0 Å². The van der Waals surface area contributed by atoms with E-state index < -0.39 is 0 Å². The molecule has 0 spiro atoms. The number of amides is 1. The maximum Gasteiger partial charge on any atom is 0.231 e. The second kappa shape index (κ2) is 7.58. The molecule has 1 heterocycles. The number of nitrogen functional groups attached to an aromatic ring is 1. The topological polar surface area (TPSA) is 49.6 Å². The van der Waals surface area contributed by atoms with Gasteiger partial charge in [0, 0.05) is 25.8 Å². The Labute approximate surface area is 149 Å². The van der Waals surface area contributed by atoms with Crippen molar-refractivity contribution in [2.75, 3.05) is 35.7 Å². The molecule has 2 N–H and O–H groups in total. The summed E-state index contributed by atoms with van der Waals surface area (Å²) in [4.78, 5) is 17.1. The standard InChI is InChI=1S/C19H23N3O.ClH/c1-14-12-21(2)17-5-3-4-6-18(17)22(13-14)19(23)11-15-7-9-16(20)10-8-15;/h3-10,14H,11-13,20H2,1-2H3;1H. The lowest BCUT2D eigenvalue weighted by atomic mass is 10.1. The lowest BCUT2D eigenvalue weighted by molar-refractivity contribution is -0.118. The highest BCUT2D eigenvalue weighted by Gasteiger charge is 2.26. The number of rotatable bonds is 2. The minimum atomic E-state index is 0. The van der Waals surface area contributed by atoms with E-state index in [-0.39, 0.29) is 18.3 Å². The molecule has 0 radical (unpaired) electrons. The van der Waals surface area contributed by atoms with E-state index in [1.54, 1.807) is 0 Å². The Hall–Kier alpha value is -2.20. The van der Waals surface area contributed by atoms with E-state index in [0.717, 1.165) is 35.7 Å². The zero-order valence-corrected chi connectivity index (χ0v) is 14.9. The first-order chi connectivity index (χ1) is 11.0. The SMILES string of the molecule is CC1CN(C)c2ccccc2N(C(=O)Cc2ccc(N)cc2)C1.Cl. The van der Waals surface area contributed by atoms with Gasteiger partial charge in [0.2, 0.25) is 5.91 Å². The molecule has 1 amide bonds. The summed E-state index contributed by atoms with van der Waals surface area (Å²) in [6, 6.07) is 15.7. The summed E-state index contributed by atoms with van der Waals surface area (Å²) in [5, 5.41) is 0. The molecule has 3 rings (SSSR count). The lowest BCUT2D eigenvalue weighted by Crippen LogP contribution is -2.35. The number of fused-ring (bicyclic) bond motifs is 1. The van der Waals surface area contributed by atoms with E-state index in [4.69, 9.17) is 5.73 Å². The number of carbonyl (C=O) groups is 1. The predicted octanol–water partition coefficient (Wildman–Crippen LogP) is 3.35. The van der Waals surface area contributed by atoms with Gasteiger partial charge in [0.25, 0.3) is 0 Å². The van der Waals surface area contributed by atoms with E-state index in [2.05, 4.69) is 24.9 Å². The molecular formula is C19H24ClN3O. The van der Waals surface area contributed by atoms with Gasteiger partial charge >= 0.3 is 0 Å². The molecule has 4 nitrogen and oxygen atoms in total. The molecule has 0 bridgehead atoms. The molecule has 1 aliphatic rings. The predicted molar refractivity (Wildman–Crippen MR) is 103 cm³/mol. The van der Waals surface area contributed by atoms with Crippen LogP contribution in [0.1, 0.15) is 12.5 Å². The minimum absolute atomic E-state index is 0. The van der Waals surface area contributed by atoms with Crippen molar-refractivity contribution in [3.8, 4) is 0 Å². The van der Waals surface area contributed by atoms with Crippen LogP contribution in [0.4, 0.5) is 17.1 Å². The van der Waals surface area contributed by atoms with Gasteiger partial charge in [-0.2, -0.15) is 0 Å². The Morgan fingerprint density at radius 1 is 1.08 bits per heavy atom. The monoisotopic (exact) mass is 345 g/mol. The highest BCUT2D eigenvalue weighted by atomic mass is 35.5. The highest BCUT2D eigenvalue weighted by molar-refractivity contribution is 5.98. The van der Waals surface area contributed by atoms with Crippen LogP contribution in [0.25, 0.3) is 0 Å². The van der Waals surface area contributed by atoms with Crippen molar-refractivity contribution in [2.45, 2.75) is 13.3 Å². The van der Waals surface area contributed by atoms with Crippen LogP contribution in [0, 0.1) is 5.92 Å². The van der Waals surface area contributed by atoms with Gasteiger partial charge in [0.1, 0.15) is 0 Å². The smallest absolute Gasteiger partial charge is 0.231 e. The highest BCUT2D eigenvalue weighted by Crippen LogP contribution is 2.32. The summed E-state index contributed by atoms with van der Waals surface area (Å²) >= 11 is 0. The summed E-state index contributed by atoms with van der Waals surface area (Å²) in [7, 11) is 2.09. The Balaban J connectivity index is 0.00000208. The van der Waals surface area contributed by atoms with Gasteiger partial charge in [-0.15, -0.1) is 12.4 Å². The summed E-state index contributed by atoms with van der Waals surface area (Å²) < 4.78 is 0. The van der Waals surface area contributed by atoms with Crippen LogP contribution in [0.5, 0.6) is 0 Å². The Kier molecular flexibility index (Phi) is 5.73. The van der Waals surface area contributed by atoms with Crippen LogP contribution < -0.4 is 15.5 Å². The Morgan fingerprint density at radius 3 is 2.38 bits per heavy atom. The van der Waals surface area contributed by atoms with E-state index >= 15 is 0 Å². The molecule has 24 heavy (non-hydrogen) atoms. The third kappa shape index (κ3) is 3.82. The number of nitrogens with two attached hydrogens (primary N) is 1. The number of halogens is 1. The summed E-state index contributed by atoms with van der Waals surface area (Å²) in [6.45, 7) is 3.88. The van der Waals surface area contributed by atoms with Crippen molar-refractivity contribution in [2.24, 2.45) is 5.92 Å². The number of nitrogens with zero attached hydrogens (tertiary/aromatic N) is 2.